The molecular weight excluding hydrogens is 944 g/mol. The van der Waals surface area contributed by atoms with Crippen LogP contribution in [-0.4, -0.2) is 133 Å². The fraction of sp³-hybridized carbons (Fsp3) is 0.370. The number of aliphatic hydroxyl groups excluding tert-OH is 3. The van der Waals surface area contributed by atoms with E-state index < -0.39 is 96.0 Å². The minimum absolute atomic E-state index is 0.0606. The Kier molecular flexibility index (Phi) is 13.9. The van der Waals surface area contributed by atoms with E-state index in [-0.39, 0.29) is 103 Å². The number of aliphatic carboxylic acids is 1. The number of benzene rings is 2. The molecule has 0 radical (unpaired) electrons. The summed E-state index contributed by atoms with van der Waals surface area (Å²) in [5.41, 5.74) is -1.02. The van der Waals surface area contributed by atoms with Crippen molar-refractivity contribution < 1.29 is 87.2 Å². The number of carboxylic acid groups (broad SMARTS) is 1. The minimum atomic E-state index is -2.11. The lowest BCUT2D eigenvalue weighted by molar-refractivity contribution is -0.271. The standard InChI is InChI=1S/C46H45FN6O18/c1-3-46(66)25-14-29-36-23(17-53(29)41(61)24(25)19-68-44(46)64)22(21-13-31(67-2)26(47)15-27(21)51-36)16-49-45(65)69-18-20-4-5-30(70-43-39(60)37(58)38(59)40(71-43)42(62)63)28(12-20)50-33(55)8-10-48-32(54)9-11-52-34(56)6-7-35(52)57/h4-7,12-15,37-40,43,58-60,66H,3,8-11,16-19H2,1-2H3,(H,48,54)(H,49,65)(H,50,55)(H,62,63)/t37-,38-,39+,40-,43+,46-/m0/s1. The van der Waals surface area contributed by atoms with Gasteiger partial charge in [-0.25, -0.2) is 23.8 Å². The van der Waals surface area contributed by atoms with Crippen molar-refractivity contribution >= 4 is 58.3 Å². The Labute approximate surface area is 399 Å². The number of hydrogen-bond acceptors (Lipinski definition) is 18. The van der Waals surface area contributed by atoms with Crippen LogP contribution in [-0.2, 0) is 74.9 Å². The molecule has 2 aromatic carbocycles. The van der Waals surface area contributed by atoms with Crippen LogP contribution in [0.1, 0.15) is 54.0 Å². The summed E-state index contributed by atoms with van der Waals surface area (Å²) in [7, 11) is 1.26. The van der Waals surface area contributed by atoms with Crippen LogP contribution in [0.2, 0.25) is 0 Å². The van der Waals surface area contributed by atoms with Gasteiger partial charge in [0.1, 0.15) is 37.3 Å². The summed E-state index contributed by atoms with van der Waals surface area (Å²) in [6.07, 6.45) is -9.46. The first-order valence-corrected chi connectivity index (χ1v) is 21.9. The van der Waals surface area contributed by atoms with E-state index in [2.05, 4.69) is 20.9 Å². The number of nitrogens with one attached hydrogen (secondary N) is 3. The molecule has 4 aromatic rings. The number of nitrogens with zero attached hydrogens (tertiary/aromatic N) is 3. The van der Waals surface area contributed by atoms with E-state index in [0.717, 1.165) is 23.1 Å². The molecule has 4 aliphatic rings. The van der Waals surface area contributed by atoms with Gasteiger partial charge in [-0.05, 0) is 41.8 Å². The summed E-state index contributed by atoms with van der Waals surface area (Å²) < 4.78 is 43.4. The SMILES string of the molecule is CC[C@@]1(O)C(=O)OCc2c1cc1n(c2=O)Cc2c-1nc1cc(F)c(OC)cc1c2CNC(=O)OCc1ccc(O[C@@H]2O[C@H](C(=O)O)[C@@H](O)[C@H](O)[C@H]2O)c(NC(=O)CCNC(=O)CCN2C(=O)C=CC2=O)c1. The number of cyclic esters (lactones) is 1. The Morgan fingerprint density at radius 2 is 1.68 bits per heavy atom. The number of alkyl carbamates (subject to hydrolysis) is 1. The predicted molar refractivity (Wildman–Crippen MR) is 236 cm³/mol. The maximum Gasteiger partial charge on any atom is 0.407 e. The topological polar surface area (TPSA) is 341 Å². The fourth-order valence-electron chi connectivity index (χ4n) is 8.51. The maximum absolute atomic E-state index is 15.1. The summed E-state index contributed by atoms with van der Waals surface area (Å²) in [6.45, 7) is -0.0116. The van der Waals surface area contributed by atoms with Gasteiger partial charge in [0.2, 0.25) is 18.1 Å². The summed E-state index contributed by atoms with van der Waals surface area (Å²) in [4.78, 5) is 107. The van der Waals surface area contributed by atoms with Crippen molar-refractivity contribution in [1.82, 2.24) is 25.1 Å². The molecule has 24 nitrogen and oxygen atoms in total. The van der Waals surface area contributed by atoms with Crippen molar-refractivity contribution in [3.8, 4) is 22.9 Å². The van der Waals surface area contributed by atoms with Gasteiger partial charge in [-0.15, -0.1) is 0 Å². The Morgan fingerprint density at radius 3 is 2.38 bits per heavy atom. The molecule has 0 bridgehead atoms. The monoisotopic (exact) mass is 988 g/mol. The third-order valence-electron chi connectivity index (χ3n) is 12.4. The fourth-order valence-corrected chi connectivity index (χ4v) is 8.51. The number of aromatic nitrogens is 2. The van der Waals surface area contributed by atoms with Crippen molar-refractivity contribution in [2.45, 2.75) is 88.8 Å². The van der Waals surface area contributed by atoms with Gasteiger partial charge in [-0.3, -0.25) is 28.9 Å². The van der Waals surface area contributed by atoms with E-state index >= 15 is 4.39 Å². The van der Waals surface area contributed by atoms with Crippen molar-refractivity contribution in [2.24, 2.45) is 0 Å². The number of carbonyl (C=O) groups excluding carboxylic acids is 6. The summed E-state index contributed by atoms with van der Waals surface area (Å²) in [6, 6.07) is 7.90. The number of carbonyl (C=O) groups is 7. The number of rotatable bonds is 16. The number of amides is 5. The van der Waals surface area contributed by atoms with Crippen LogP contribution < -0.4 is 31.0 Å². The molecule has 2 aromatic heterocycles. The molecule has 374 valence electrons. The molecule has 25 heteroatoms. The molecule has 4 aliphatic heterocycles. The van der Waals surface area contributed by atoms with E-state index in [0.29, 0.717) is 16.5 Å². The highest BCUT2D eigenvalue weighted by Crippen LogP contribution is 2.41. The van der Waals surface area contributed by atoms with E-state index in [1.165, 1.54) is 42.0 Å². The van der Waals surface area contributed by atoms with Crippen LogP contribution in [0.25, 0.3) is 22.3 Å². The largest absolute Gasteiger partial charge is 0.494 e. The van der Waals surface area contributed by atoms with Crippen LogP contribution in [0.4, 0.5) is 14.9 Å². The van der Waals surface area contributed by atoms with Gasteiger partial charge < -0.3 is 69.7 Å². The van der Waals surface area contributed by atoms with Crippen LogP contribution in [0, 0.1) is 5.82 Å². The summed E-state index contributed by atoms with van der Waals surface area (Å²) >= 11 is 0. The zero-order valence-corrected chi connectivity index (χ0v) is 37.6. The number of esters is 1. The number of halogens is 1. The minimum Gasteiger partial charge on any atom is -0.494 e. The van der Waals surface area contributed by atoms with Gasteiger partial charge in [0.15, 0.2) is 23.3 Å². The molecule has 8 rings (SSSR count). The first kappa shape index (κ1) is 49.6. The first-order valence-electron chi connectivity index (χ1n) is 21.9. The van der Waals surface area contributed by atoms with Crippen molar-refractivity contribution in [3.63, 3.8) is 0 Å². The lowest BCUT2D eigenvalue weighted by Gasteiger charge is -2.38. The molecule has 1 fully saturated rings. The van der Waals surface area contributed by atoms with Gasteiger partial charge in [0, 0.05) is 67.2 Å². The molecule has 0 spiro atoms. The zero-order chi connectivity index (χ0) is 51.1. The number of hydrogen-bond donors (Lipinski definition) is 8. The molecular formula is C46H45FN6O18. The number of ether oxygens (including phenoxy) is 5. The quantitative estimate of drug-likeness (QED) is 0.0464. The van der Waals surface area contributed by atoms with Gasteiger partial charge in [-0.2, -0.15) is 0 Å². The first-order chi connectivity index (χ1) is 33.8. The molecule has 0 unspecified atom stereocenters. The average Bonchev–Trinajstić information content (AvgIpc) is 3.87. The Morgan fingerprint density at radius 1 is 0.930 bits per heavy atom. The van der Waals surface area contributed by atoms with Crippen LogP contribution in [0.5, 0.6) is 11.5 Å². The van der Waals surface area contributed by atoms with E-state index in [9.17, 15) is 63.9 Å². The van der Waals surface area contributed by atoms with E-state index in [4.69, 9.17) is 23.7 Å². The van der Waals surface area contributed by atoms with Crippen LogP contribution in [0.3, 0.4) is 0 Å². The lowest BCUT2D eigenvalue weighted by Crippen LogP contribution is -2.61. The number of aliphatic hydroxyl groups is 4. The highest BCUT2D eigenvalue weighted by atomic mass is 19.1. The van der Waals surface area contributed by atoms with Gasteiger partial charge in [0.05, 0.1) is 41.8 Å². The molecule has 0 aliphatic carbocycles. The van der Waals surface area contributed by atoms with Crippen molar-refractivity contribution in [2.75, 3.05) is 25.5 Å². The molecule has 8 N–H and O–H groups in total. The number of pyridine rings is 2. The molecule has 1 saturated heterocycles. The molecule has 6 atom stereocenters. The summed E-state index contributed by atoms with van der Waals surface area (Å²) in [5, 5.41) is 60.0. The average molecular weight is 989 g/mol. The number of carboxylic acids is 1. The van der Waals surface area contributed by atoms with Gasteiger partial charge in [-0.1, -0.05) is 13.0 Å². The van der Waals surface area contributed by atoms with E-state index in [1.54, 1.807) is 6.92 Å². The molecule has 71 heavy (non-hydrogen) atoms. The molecule has 5 amide bonds. The highest BCUT2D eigenvalue weighted by Gasteiger charge is 2.49. The Bertz CT molecular complexity index is 2980. The third-order valence-corrected chi connectivity index (χ3v) is 12.4. The van der Waals surface area contributed by atoms with Crippen LogP contribution >= 0.6 is 0 Å². The Hall–Kier alpha value is -7.84. The Balaban J connectivity index is 0.996. The van der Waals surface area contributed by atoms with Crippen molar-refractivity contribution in [3.05, 3.63) is 92.5 Å². The molecule has 6 heterocycles. The number of methoxy groups -OCH3 is 1. The number of anilines is 1. The second-order valence-electron chi connectivity index (χ2n) is 16.7. The number of imide groups is 1. The highest BCUT2D eigenvalue weighted by molar-refractivity contribution is 6.13. The number of fused-ring (bicyclic) bond motifs is 5. The lowest BCUT2D eigenvalue weighted by atomic mass is 9.86. The van der Waals surface area contributed by atoms with Crippen molar-refractivity contribution in [1.29, 1.82) is 0 Å². The zero-order valence-electron chi connectivity index (χ0n) is 37.6. The van der Waals surface area contributed by atoms with Gasteiger partial charge >= 0.3 is 18.0 Å². The second-order valence-corrected chi connectivity index (χ2v) is 16.7. The molecule has 0 saturated carbocycles. The smallest absolute Gasteiger partial charge is 0.407 e. The second kappa shape index (κ2) is 19.9. The third kappa shape index (κ3) is 9.59. The predicted octanol–water partition coefficient (Wildman–Crippen LogP) is -0.315. The summed E-state index contributed by atoms with van der Waals surface area (Å²) in [5.74, 6) is -6.16. The maximum atomic E-state index is 15.1. The normalized spacial score (nSPS) is 22.0. The van der Waals surface area contributed by atoms with Gasteiger partial charge in [0.25, 0.3) is 17.4 Å². The van der Waals surface area contributed by atoms with E-state index in [1.807, 2.05) is 0 Å². The van der Waals surface area contributed by atoms with Crippen LogP contribution in [0.15, 0.2) is 53.3 Å².